The van der Waals surface area contributed by atoms with Gasteiger partial charge in [-0.15, -0.1) is 0 Å². The van der Waals surface area contributed by atoms with E-state index in [1.807, 2.05) is 0 Å². The van der Waals surface area contributed by atoms with Crippen molar-refractivity contribution in [3.8, 4) is 0 Å². The van der Waals surface area contributed by atoms with E-state index in [1.165, 1.54) is 19.3 Å². The molecule has 0 aromatic rings. The van der Waals surface area contributed by atoms with Gasteiger partial charge in [0.25, 0.3) is 0 Å². The van der Waals surface area contributed by atoms with E-state index in [0.717, 1.165) is 6.42 Å². The third-order valence-corrected chi connectivity index (χ3v) is 4.91. The fraction of sp³-hybridized carbons (Fsp3) is 0.750. The van der Waals surface area contributed by atoms with Gasteiger partial charge in [-0.3, -0.25) is 4.79 Å². The van der Waals surface area contributed by atoms with E-state index in [0.29, 0.717) is 25.7 Å². The molecule has 5 atom stereocenters. The minimum Gasteiger partial charge on any atom is -0.481 e. The molecule has 0 aliphatic heterocycles. The molecule has 0 aromatic carbocycles. The fourth-order valence-corrected chi connectivity index (χ4v) is 3.41. The first-order valence-electron chi connectivity index (χ1n) is 9.55. The number of carbonyl (C=O) groups is 1. The van der Waals surface area contributed by atoms with Gasteiger partial charge < -0.3 is 20.4 Å². The molecule has 5 heteroatoms. The summed E-state index contributed by atoms with van der Waals surface area (Å²) in [6, 6.07) is 0. The van der Waals surface area contributed by atoms with Crippen LogP contribution >= 0.6 is 0 Å². The third-order valence-electron chi connectivity index (χ3n) is 4.91. The summed E-state index contributed by atoms with van der Waals surface area (Å²) in [5.41, 5.74) is 0. The van der Waals surface area contributed by atoms with Gasteiger partial charge in [0.15, 0.2) is 0 Å². The van der Waals surface area contributed by atoms with E-state index in [4.69, 9.17) is 5.11 Å². The highest BCUT2D eigenvalue weighted by Crippen LogP contribution is 2.36. The molecule has 1 aliphatic rings. The number of aliphatic hydroxyl groups excluding tert-OH is 3. The number of carboxylic acid groups (broad SMARTS) is 1. The lowest BCUT2D eigenvalue weighted by molar-refractivity contribution is -0.137. The molecule has 25 heavy (non-hydrogen) atoms. The number of hydrogen-bond acceptors (Lipinski definition) is 4. The van der Waals surface area contributed by atoms with Gasteiger partial charge >= 0.3 is 5.97 Å². The van der Waals surface area contributed by atoms with E-state index in [2.05, 4.69) is 19.1 Å². The molecular weight excluding hydrogens is 320 g/mol. The molecule has 0 heterocycles. The number of aliphatic carboxylic acids is 1. The molecule has 144 valence electrons. The zero-order valence-corrected chi connectivity index (χ0v) is 15.3. The van der Waals surface area contributed by atoms with Crippen molar-refractivity contribution in [3.05, 3.63) is 24.3 Å². The molecule has 0 aromatic heterocycles. The second kappa shape index (κ2) is 12.2. The minimum absolute atomic E-state index is 0.0418. The van der Waals surface area contributed by atoms with Crippen LogP contribution in [0.5, 0.6) is 0 Å². The van der Waals surface area contributed by atoms with Crippen molar-refractivity contribution in [2.24, 2.45) is 11.8 Å². The van der Waals surface area contributed by atoms with Gasteiger partial charge in [0.2, 0.25) is 0 Å². The topological polar surface area (TPSA) is 98.0 Å². The van der Waals surface area contributed by atoms with Crippen molar-refractivity contribution < 1.29 is 25.2 Å². The van der Waals surface area contributed by atoms with Gasteiger partial charge in [-0.2, -0.15) is 0 Å². The summed E-state index contributed by atoms with van der Waals surface area (Å²) in [6.07, 6.45) is 12.4. The molecule has 0 spiro atoms. The van der Waals surface area contributed by atoms with Crippen LogP contribution in [-0.4, -0.2) is 44.7 Å². The Bertz CT molecular complexity index is 432. The molecule has 1 rings (SSSR count). The molecule has 0 saturated heterocycles. The summed E-state index contributed by atoms with van der Waals surface area (Å²) in [5.74, 6) is -1.08. The number of unbranched alkanes of at least 4 members (excludes halogenated alkanes) is 3. The maximum absolute atomic E-state index is 10.5. The van der Waals surface area contributed by atoms with E-state index in [1.54, 1.807) is 12.2 Å². The van der Waals surface area contributed by atoms with Crippen molar-refractivity contribution >= 4 is 5.97 Å². The van der Waals surface area contributed by atoms with Gasteiger partial charge in [0.1, 0.15) is 0 Å². The lowest BCUT2D eigenvalue weighted by atomic mass is 9.89. The number of carboxylic acids is 1. The molecular formula is C20H34O5. The lowest BCUT2D eigenvalue weighted by Crippen LogP contribution is -2.20. The minimum atomic E-state index is -0.865. The van der Waals surface area contributed by atoms with Crippen molar-refractivity contribution in [2.75, 3.05) is 0 Å². The lowest BCUT2D eigenvalue weighted by Gasteiger charge is -2.19. The van der Waals surface area contributed by atoms with Crippen LogP contribution in [0.15, 0.2) is 24.3 Å². The van der Waals surface area contributed by atoms with Gasteiger partial charge in [0.05, 0.1) is 18.3 Å². The predicted molar refractivity (Wildman–Crippen MR) is 98.1 cm³/mol. The summed E-state index contributed by atoms with van der Waals surface area (Å²) in [5, 5.41) is 38.9. The van der Waals surface area contributed by atoms with E-state index in [-0.39, 0.29) is 18.3 Å². The average Bonchev–Trinajstić information content (AvgIpc) is 2.81. The van der Waals surface area contributed by atoms with E-state index >= 15 is 0 Å². The molecule has 1 fully saturated rings. The largest absolute Gasteiger partial charge is 0.481 e. The Morgan fingerprint density at radius 3 is 2.60 bits per heavy atom. The maximum atomic E-state index is 10.5. The Balaban J connectivity index is 2.47. The number of allylic oxidation sites excluding steroid dienone is 2. The van der Waals surface area contributed by atoms with Crippen LogP contribution in [0.1, 0.15) is 64.7 Å². The van der Waals surface area contributed by atoms with Gasteiger partial charge in [-0.25, -0.2) is 0 Å². The molecule has 1 saturated carbocycles. The number of hydrogen-bond donors (Lipinski definition) is 4. The maximum Gasteiger partial charge on any atom is 0.303 e. The Morgan fingerprint density at radius 2 is 1.92 bits per heavy atom. The third kappa shape index (κ3) is 8.66. The van der Waals surface area contributed by atoms with E-state index in [9.17, 15) is 20.1 Å². The predicted octanol–water partition coefficient (Wildman–Crippen LogP) is 3.04. The van der Waals surface area contributed by atoms with Crippen LogP contribution in [0.25, 0.3) is 0 Å². The van der Waals surface area contributed by atoms with Crippen LogP contribution < -0.4 is 0 Å². The van der Waals surface area contributed by atoms with Crippen LogP contribution in [0.2, 0.25) is 0 Å². The highest BCUT2D eigenvalue weighted by atomic mass is 16.4. The highest BCUT2D eigenvalue weighted by molar-refractivity contribution is 5.66. The number of aliphatic hydroxyl groups is 3. The summed E-state index contributed by atoms with van der Waals surface area (Å²) >= 11 is 0. The fourth-order valence-electron chi connectivity index (χ4n) is 3.41. The van der Waals surface area contributed by atoms with Crippen molar-refractivity contribution in [1.82, 2.24) is 0 Å². The molecule has 0 unspecified atom stereocenters. The molecule has 0 bridgehead atoms. The summed E-state index contributed by atoms with van der Waals surface area (Å²) in [6.45, 7) is 2.17. The van der Waals surface area contributed by atoms with Crippen molar-refractivity contribution in [1.29, 1.82) is 0 Å². The molecule has 1 aliphatic carbocycles. The quantitative estimate of drug-likeness (QED) is 0.319. The zero-order valence-electron chi connectivity index (χ0n) is 15.3. The smallest absolute Gasteiger partial charge is 0.303 e. The Hall–Kier alpha value is -1.17. The first-order valence-corrected chi connectivity index (χ1v) is 9.55. The Labute approximate surface area is 151 Å². The number of rotatable bonds is 12. The summed E-state index contributed by atoms with van der Waals surface area (Å²) < 4.78 is 0. The normalized spacial score (nSPS) is 28.2. The summed E-state index contributed by atoms with van der Waals surface area (Å²) in [7, 11) is 0. The first-order chi connectivity index (χ1) is 12.0. The Morgan fingerprint density at radius 1 is 1.16 bits per heavy atom. The monoisotopic (exact) mass is 354 g/mol. The second-order valence-electron chi connectivity index (χ2n) is 7.05. The highest BCUT2D eigenvalue weighted by Gasteiger charge is 2.39. The molecule has 0 amide bonds. The molecule has 4 N–H and O–H groups in total. The van der Waals surface area contributed by atoms with Gasteiger partial charge in [-0.1, -0.05) is 44.1 Å². The van der Waals surface area contributed by atoms with Crippen LogP contribution in [-0.2, 0) is 4.79 Å². The SMILES string of the molecule is CCCCC/C=C\C[C@H]1[C@H](/C=C/[C@H](O)CCCC(=O)O)[C@H](O)C[C@@H]1O. The van der Waals surface area contributed by atoms with Crippen LogP contribution in [0.4, 0.5) is 0 Å². The van der Waals surface area contributed by atoms with Gasteiger partial charge in [0, 0.05) is 18.8 Å². The first kappa shape index (κ1) is 21.9. The van der Waals surface area contributed by atoms with Crippen molar-refractivity contribution in [3.63, 3.8) is 0 Å². The van der Waals surface area contributed by atoms with Crippen LogP contribution in [0, 0.1) is 11.8 Å². The van der Waals surface area contributed by atoms with Gasteiger partial charge in [-0.05, 0) is 38.0 Å². The molecule has 0 radical (unpaired) electrons. The van der Waals surface area contributed by atoms with E-state index < -0.39 is 24.3 Å². The second-order valence-corrected chi connectivity index (χ2v) is 7.05. The van der Waals surface area contributed by atoms with Crippen LogP contribution in [0.3, 0.4) is 0 Å². The Kier molecular flexibility index (Phi) is 10.7. The summed E-state index contributed by atoms with van der Waals surface area (Å²) in [4.78, 5) is 10.5. The zero-order chi connectivity index (χ0) is 18.7. The standard InChI is InChI=1S/C20H34O5/c1-2-3-4-5-6-7-10-16-17(19(23)14-18(16)22)13-12-15(21)9-8-11-20(24)25/h6-7,12-13,15-19,21-23H,2-5,8-11,14H2,1H3,(H,24,25)/b7-6-,13-12+/t15-,16+,17+,18+,19-/m1/s1. The average molecular weight is 354 g/mol. The van der Waals surface area contributed by atoms with Crippen molar-refractivity contribution in [2.45, 2.75) is 83.0 Å². The molecule has 5 nitrogen and oxygen atoms in total.